The van der Waals surface area contributed by atoms with Gasteiger partial charge in [-0.3, -0.25) is 4.79 Å². The minimum atomic E-state index is -0.169. The van der Waals surface area contributed by atoms with Crippen molar-refractivity contribution in [1.82, 2.24) is 9.80 Å². The molecule has 0 aromatic carbocycles. The molecule has 0 bridgehead atoms. The van der Waals surface area contributed by atoms with E-state index in [2.05, 4.69) is 25.8 Å². The molecule has 0 aromatic heterocycles. The van der Waals surface area contributed by atoms with Crippen molar-refractivity contribution in [2.75, 3.05) is 27.2 Å². The van der Waals surface area contributed by atoms with Crippen molar-refractivity contribution in [3.63, 3.8) is 0 Å². The molecule has 1 aliphatic rings. The minimum absolute atomic E-state index is 0.169. The largest absolute Gasteiger partial charge is 0.341 e. The van der Waals surface area contributed by atoms with E-state index in [1.54, 1.807) is 0 Å². The molecule has 1 saturated heterocycles. The maximum atomic E-state index is 11.9. The molecular formula is C13H26N2O. The molecule has 0 spiro atoms. The first kappa shape index (κ1) is 13.5. The second-order valence-corrected chi connectivity index (χ2v) is 6.27. The van der Waals surface area contributed by atoms with Gasteiger partial charge in [0.05, 0.1) is 0 Å². The van der Waals surface area contributed by atoms with Crippen LogP contribution in [-0.2, 0) is 4.79 Å². The standard InChI is InChI=1S/C13H26N2O/c1-10(2)8-14(5)9-11-7-13(3,4)12(16)15(11)6/h10-11H,7-9H2,1-6H3/t11-/m1/s1. The van der Waals surface area contributed by atoms with Crippen molar-refractivity contribution in [1.29, 1.82) is 0 Å². The fourth-order valence-electron chi connectivity index (χ4n) is 2.70. The molecule has 94 valence electrons. The molecule has 1 fully saturated rings. The molecular weight excluding hydrogens is 200 g/mol. The van der Waals surface area contributed by atoms with Gasteiger partial charge in [-0.05, 0) is 19.4 Å². The number of carbonyl (C=O) groups is 1. The van der Waals surface area contributed by atoms with Crippen LogP contribution in [0.5, 0.6) is 0 Å². The monoisotopic (exact) mass is 226 g/mol. The molecule has 1 atom stereocenters. The van der Waals surface area contributed by atoms with Gasteiger partial charge in [-0.25, -0.2) is 0 Å². The number of hydrogen-bond acceptors (Lipinski definition) is 2. The normalized spacial score (nSPS) is 24.9. The van der Waals surface area contributed by atoms with Crippen LogP contribution in [0, 0.1) is 11.3 Å². The average molecular weight is 226 g/mol. The summed E-state index contributed by atoms with van der Waals surface area (Å²) in [6.45, 7) is 10.6. The number of hydrogen-bond donors (Lipinski definition) is 0. The van der Waals surface area contributed by atoms with E-state index in [4.69, 9.17) is 0 Å². The third kappa shape index (κ3) is 2.97. The Morgan fingerprint density at radius 1 is 1.50 bits per heavy atom. The Labute approximate surface area is 99.8 Å². The van der Waals surface area contributed by atoms with Crippen LogP contribution in [0.4, 0.5) is 0 Å². The van der Waals surface area contributed by atoms with Gasteiger partial charge in [-0.15, -0.1) is 0 Å². The molecule has 1 rings (SSSR count). The zero-order valence-corrected chi connectivity index (χ0v) is 11.6. The first-order valence-electron chi connectivity index (χ1n) is 6.20. The fraction of sp³-hybridized carbons (Fsp3) is 0.923. The summed E-state index contributed by atoms with van der Waals surface area (Å²) in [6.07, 6.45) is 0.977. The topological polar surface area (TPSA) is 23.6 Å². The Bertz CT molecular complexity index is 261. The maximum absolute atomic E-state index is 11.9. The van der Waals surface area contributed by atoms with Crippen molar-refractivity contribution in [2.45, 2.75) is 40.2 Å². The smallest absolute Gasteiger partial charge is 0.228 e. The Morgan fingerprint density at radius 2 is 2.06 bits per heavy atom. The van der Waals surface area contributed by atoms with Gasteiger partial charge >= 0.3 is 0 Å². The van der Waals surface area contributed by atoms with Gasteiger partial charge in [0.15, 0.2) is 0 Å². The van der Waals surface area contributed by atoms with Crippen LogP contribution < -0.4 is 0 Å². The van der Waals surface area contributed by atoms with E-state index in [-0.39, 0.29) is 11.3 Å². The molecule has 3 nitrogen and oxygen atoms in total. The van der Waals surface area contributed by atoms with Crippen LogP contribution in [0.1, 0.15) is 34.1 Å². The lowest BCUT2D eigenvalue weighted by molar-refractivity contribution is -0.134. The molecule has 0 radical (unpaired) electrons. The second-order valence-electron chi connectivity index (χ2n) is 6.27. The van der Waals surface area contributed by atoms with Gasteiger partial charge in [0, 0.05) is 31.6 Å². The van der Waals surface area contributed by atoms with Crippen molar-refractivity contribution in [2.24, 2.45) is 11.3 Å². The van der Waals surface area contributed by atoms with Crippen LogP contribution >= 0.6 is 0 Å². The lowest BCUT2D eigenvalue weighted by Crippen LogP contribution is -2.39. The molecule has 0 saturated carbocycles. The zero-order valence-electron chi connectivity index (χ0n) is 11.6. The van der Waals surface area contributed by atoms with E-state index in [0.717, 1.165) is 19.5 Å². The van der Waals surface area contributed by atoms with Gasteiger partial charge in [0.1, 0.15) is 0 Å². The highest BCUT2D eigenvalue weighted by molar-refractivity contribution is 5.84. The number of nitrogens with zero attached hydrogens (tertiary/aromatic N) is 2. The van der Waals surface area contributed by atoms with E-state index in [1.807, 2.05) is 25.8 Å². The van der Waals surface area contributed by atoms with Gasteiger partial charge in [0.25, 0.3) is 0 Å². The molecule has 0 aliphatic carbocycles. The lowest BCUT2D eigenvalue weighted by atomic mass is 9.90. The highest BCUT2D eigenvalue weighted by Crippen LogP contribution is 2.34. The lowest BCUT2D eigenvalue weighted by Gasteiger charge is -2.26. The Kier molecular flexibility index (Phi) is 4.00. The van der Waals surface area contributed by atoms with Gasteiger partial charge in [-0.1, -0.05) is 27.7 Å². The van der Waals surface area contributed by atoms with Crippen LogP contribution in [0.15, 0.2) is 0 Å². The Balaban J connectivity index is 2.54. The molecule has 0 unspecified atom stereocenters. The summed E-state index contributed by atoms with van der Waals surface area (Å²) in [5.74, 6) is 0.968. The third-order valence-electron chi connectivity index (χ3n) is 3.39. The number of likely N-dealkylation sites (tertiary alicyclic amines) is 1. The van der Waals surface area contributed by atoms with Crippen molar-refractivity contribution in [3.8, 4) is 0 Å². The van der Waals surface area contributed by atoms with Gasteiger partial charge in [-0.2, -0.15) is 0 Å². The van der Waals surface area contributed by atoms with E-state index in [0.29, 0.717) is 12.0 Å². The number of likely N-dealkylation sites (N-methyl/N-ethyl adjacent to an activating group) is 2. The molecule has 1 aliphatic heterocycles. The summed E-state index contributed by atoms with van der Waals surface area (Å²) in [5, 5.41) is 0. The highest BCUT2D eigenvalue weighted by atomic mass is 16.2. The summed E-state index contributed by atoms with van der Waals surface area (Å²) in [7, 11) is 4.08. The predicted molar refractivity (Wildman–Crippen MR) is 67.3 cm³/mol. The molecule has 0 N–H and O–H groups in total. The van der Waals surface area contributed by atoms with E-state index in [9.17, 15) is 4.79 Å². The predicted octanol–water partition coefficient (Wildman–Crippen LogP) is 1.83. The first-order valence-corrected chi connectivity index (χ1v) is 6.20. The van der Waals surface area contributed by atoms with Gasteiger partial charge in [0.2, 0.25) is 5.91 Å². The highest BCUT2D eigenvalue weighted by Gasteiger charge is 2.43. The van der Waals surface area contributed by atoms with E-state index < -0.39 is 0 Å². The summed E-state index contributed by atoms with van der Waals surface area (Å²) >= 11 is 0. The summed E-state index contributed by atoms with van der Waals surface area (Å²) in [4.78, 5) is 16.2. The van der Waals surface area contributed by atoms with Crippen molar-refractivity contribution < 1.29 is 4.79 Å². The quantitative estimate of drug-likeness (QED) is 0.730. The zero-order chi connectivity index (χ0) is 12.5. The molecule has 1 heterocycles. The third-order valence-corrected chi connectivity index (χ3v) is 3.39. The van der Waals surface area contributed by atoms with Crippen LogP contribution in [-0.4, -0.2) is 48.9 Å². The fourth-order valence-corrected chi connectivity index (χ4v) is 2.70. The average Bonchev–Trinajstić information content (AvgIpc) is 2.28. The van der Waals surface area contributed by atoms with E-state index >= 15 is 0 Å². The van der Waals surface area contributed by atoms with Crippen molar-refractivity contribution in [3.05, 3.63) is 0 Å². The second kappa shape index (κ2) is 4.74. The minimum Gasteiger partial charge on any atom is -0.341 e. The molecule has 0 aromatic rings. The summed E-state index contributed by atoms with van der Waals surface area (Å²) in [5.41, 5.74) is -0.169. The van der Waals surface area contributed by atoms with Crippen LogP contribution in [0.3, 0.4) is 0 Å². The Morgan fingerprint density at radius 3 is 2.44 bits per heavy atom. The van der Waals surface area contributed by atoms with Gasteiger partial charge < -0.3 is 9.80 Å². The van der Waals surface area contributed by atoms with Crippen LogP contribution in [0.2, 0.25) is 0 Å². The molecule has 16 heavy (non-hydrogen) atoms. The molecule has 1 amide bonds. The number of amides is 1. The number of carbonyl (C=O) groups excluding carboxylic acids is 1. The number of rotatable bonds is 4. The summed E-state index contributed by atoms with van der Waals surface area (Å²) < 4.78 is 0. The summed E-state index contributed by atoms with van der Waals surface area (Å²) in [6, 6.07) is 0.381. The maximum Gasteiger partial charge on any atom is 0.228 e. The first-order chi connectivity index (χ1) is 7.24. The van der Waals surface area contributed by atoms with E-state index in [1.165, 1.54) is 0 Å². The van der Waals surface area contributed by atoms with Crippen molar-refractivity contribution >= 4 is 5.91 Å². The SMILES string of the molecule is CC(C)CN(C)C[C@H]1CC(C)(C)C(=O)N1C. The Hall–Kier alpha value is -0.570. The molecule has 3 heteroatoms. The van der Waals surface area contributed by atoms with Crippen LogP contribution in [0.25, 0.3) is 0 Å².